The number of benzene rings is 1. The number of aryl methyl sites for hydroxylation is 3. The van der Waals surface area contributed by atoms with Gasteiger partial charge in [-0.1, -0.05) is 35.9 Å². The highest BCUT2D eigenvalue weighted by Gasteiger charge is 2.03. The molecule has 3 rings (SSSR count). The lowest BCUT2D eigenvalue weighted by Gasteiger charge is -2.04. The van der Waals surface area contributed by atoms with Crippen molar-refractivity contribution in [2.75, 3.05) is 0 Å². The fourth-order valence-electron chi connectivity index (χ4n) is 2.10. The topological polar surface area (TPSA) is 25.8 Å². The van der Waals surface area contributed by atoms with Crippen LogP contribution in [-0.4, -0.2) is 9.97 Å². The van der Waals surface area contributed by atoms with Crippen LogP contribution in [0, 0.1) is 6.92 Å². The van der Waals surface area contributed by atoms with Crippen LogP contribution in [0.2, 0.25) is 0 Å². The summed E-state index contributed by atoms with van der Waals surface area (Å²) < 4.78 is 0. The van der Waals surface area contributed by atoms with Crippen molar-refractivity contribution in [3.63, 3.8) is 0 Å². The van der Waals surface area contributed by atoms with Gasteiger partial charge in [0, 0.05) is 16.6 Å². The Labute approximate surface area is 123 Å². The summed E-state index contributed by atoms with van der Waals surface area (Å²) in [6.07, 6.45) is 5.67. The van der Waals surface area contributed by atoms with Crippen LogP contribution in [0.4, 0.5) is 0 Å². The van der Waals surface area contributed by atoms with Crippen LogP contribution in [0.3, 0.4) is 0 Å². The van der Waals surface area contributed by atoms with Gasteiger partial charge in [-0.2, -0.15) is 0 Å². The molecule has 0 saturated carbocycles. The lowest BCUT2D eigenvalue weighted by atomic mass is 10.1. The molecule has 0 aliphatic rings. The molecule has 2 aromatic heterocycles. The molecule has 0 unspecified atom stereocenters. The highest BCUT2D eigenvalue weighted by atomic mass is 32.1. The predicted octanol–water partition coefficient (Wildman–Crippen LogP) is 4.30. The van der Waals surface area contributed by atoms with E-state index in [9.17, 15) is 0 Å². The monoisotopic (exact) mass is 280 g/mol. The van der Waals surface area contributed by atoms with Gasteiger partial charge in [0.2, 0.25) is 0 Å². The van der Waals surface area contributed by atoms with Gasteiger partial charge in [0.05, 0.1) is 17.6 Å². The van der Waals surface area contributed by atoms with Gasteiger partial charge in [0.1, 0.15) is 0 Å². The van der Waals surface area contributed by atoms with Crippen LogP contribution in [0.15, 0.2) is 54.2 Å². The third kappa shape index (κ3) is 3.11. The largest absolute Gasteiger partial charge is 0.261 e. The van der Waals surface area contributed by atoms with E-state index in [2.05, 4.69) is 53.7 Å². The van der Waals surface area contributed by atoms with Gasteiger partial charge < -0.3 is 0 Å². The minimum Gasteiger partial charge on any atom is -0.261 e. The molecule has 100 valence electrons. The zero-order valence-corrected chi connectivity index (χ0v) is 12.2. The molecule has 0 amide bonds. The van der Waals surface area contributed by atoms with Crippen LogP contribution in [0.25, 0.3) is 11.3 Å². The summed E-state index contributed by atoms with van der Waals surface area (Å²) in [4.78, 5) is 10.4. The second-order valence-corrected chi connectivity index (χ2v) is 5.87. The van der Waals surface area contributed by atoms with Gasteiger partial charge >= 0.3 is 0 Å². The molecule has 2 heterocycles. The Bertz CT molecular complexity index is 672. The third-order valence-electron chi connectivity index (χ3n) is 3.24. The molecule has 0 radical (unpaired) electrons. The summed E-state index contributed by atoms with van der Waals surface area (Å²) >= 11 is 1.80. The van der Waals surface area contributed by atoms with E-state index in [1.807, 2.05) is 12.4 Å². The van der Waals surface area contributed by atoms with Gasteiger partial charge in [-0.25, -0.2) is 4.98 Å². The highest BCUT2D eigenvalue weighted by Crippen LogP contribution is 2.18. The normalized spacial score (nSPS) is 10.7. The molecule has 3 aromatic rings. The summed E-state index contributed by atoms with van der Waals surface area (Å²) in [6.45, 7) is 2.09. The molecular formula is C17H16N2S. The van der Waals surface area contributed by atoms with Crippen molar-refractivity contribution in [1.29, 1.82) is 0 Å². The third-order valence-corrected chi connectivity index (χ3v) is 4.18. The van der Waals surface area contributed by atoms with Crippen molar-refractivity contribution >= 4 is 11.3 Å². The SMILES string of the molecule is Cc1ccc(-c2cncc(CCc3cccs3)n2)cc1. The van der Waals surface area contributed by atoms with E-state index in [1.165, 1.54) is 10.4 Å². The summed E-state index contributed by atoms with van der Waals surface area (Å²) in [5.74, 6) is 0. The minimum atomic E-state index is 0.938. The highest BCUT2D eigenvalue weighted by molar-refractivity contribution is 7.09. The summed E-state index contributed by atoms with van der Waals surface area (Å²) in [5, 5.41) is 2.11. The molecule has 0 aliphatic heterocycles. The van der Waals surface area contributed by atoms with E-state index in [4.69, 9.17) is 4.98 Å². The Morgan fingerprint density at radius 2 is 1.85 bits per heavy atom. The molecule has 0 N–H and O–H groups in total. The molecule has 0 fully saturated rings. The molecule has 1 aromatic carbocycles. The minimum absolute atomic E-state index is 0.938. The van der Waals surface area contributed by atoms with Gasteiger partial charge in [-0.05, 0) is 31.2 Å². The first-order valence-electron chi connectivity index (χ1n) is 6.71. The standard InChI is InChI=1S/C17H16N2S/c1-13-4-6-14(7-5-13)17-12-18-11-15(19-17)8-9-16-3-2-10-20-16/h2-7,10-12H,8-9H2,1H3. The lowest BCUT2D eigenvalue weighted by molar-refractivity contribution is 0.914. The summed E-state index contributed by atoms with van der Waals surface area (Å²) in [7, 11) is 0. The Hall–Kier alpha value is -2.00. The number of hydrogen-bond donors (Lipinski definition) is 0. The van der Waals surface area contributed by atoms with E-state index in [-0.39, 0.29) is 0 Å². The molecule has 0 bridgehead atoms. The first-order valence-corrected chi connectivity index (χ1v) is 7.59. The van der Waals surface area contributed by atoms with Crippen molar-refractivity contribution in [3.8, 4) is 11.3 Å². The maximum absolute atomic E-state index is 4.71. The van der Waals surface area contributed by atoms with Crippen molar-refractivity contribution in [1.82, 2.24) is 9.97 Å². The maximum atomic E-state index is 4.71. The summed E-state index contributed by atoms with van der Waals surface area (Å²) in [6, 6.07) is 12.7. The van der Waals surface area contributed by atoms with Gasteiger partial charge in [-0.3, -0.25) is 4.98 Å². The second kappa shape index (κ2) is 5.97. The average molecular weight is 280 g/mol. The zero-order chi connectivity index (χ0) is 13.8. The van der Waals surface area contributed by atoms with Crippen LogP contribution in [0.5, 0.6) is 0 Å². The molecule has 3 heteroatoms. The molecule has 20 heavy (non-hydrogen) atoms. The quantitative estimate of drug-likeness (QED) is 0.712. The fraction of sp³-hybridized carbons (Fsp3) is 0.176. The number of nitrogens with zero attached hydrogens (tertiary/aromatic N) is 2. The summed E-state index contributed by atoms with van der Waals surface area (Å²) in [5.41, 5.74) is 4.39. The fourth-order valence-corrected chi connectivity index (χ4v) is 2.81. The smallest absolute Gasteiger partial charge is 0.0888 e. The molecule has 0 saturated heterocycles. The predicted molar refractivity (Wildman–Crippen MR) is 83.9 cm³/mol. The second-order valence-electron chi connectivity index (χ2n) is 4.84. The molecule has 0 spiro atoms. The average Bonchev–Trinajstić information content (AvgIpc) is 3.00. The van der Waals surface area contributed by atoms with Crippen molar-refractivity contribution in [2.24, 2.45) is 0 Å². The van der Waals surface area contributed by atoms with E-state index in [0.717, 1.165) is 29.8 Å². The van der Waals surface area contributed by atoms with Crippen LogP contribution >= 0.6 is 11.3 Å². The van der Waals surface area contributed by atoms with Gasteiger partial charge in [0.25, 0.3) is 0 Å². The Morgan fingerprint density at radius 1 is 1.00 bits per heavy atom. The van der Waals surface area contributed by atoms with Crippen LogP contribution < -0.4 is 0 Å². The molecule has 0 atom stereocenters. The van der Waals surface area contributed by atoms with Crippen LogP contribution in [-0.2, 0) is 12.8 Å². The van der Waals surface area contributed by atoms with Gasteiger partial charge in [-0.15, -0.1) is 11.3 Å². The maximum Gasteiger partial charge on any atom is 0.0888 e. The van der Waals surface area contributed by atoms with E-state index >= 15 is 0 Å². The van der Waals surface area contributed by atoms with Gasteiger partial charge in [0.15, 0.2) is 0 Å². The zero-order valence-electron chi connectivity index (χ0n) is 11.4. The number of thiophene rings is 1. The van der Waals surface area contributed by atoms with Crippen molar-refractivity contribution in [3.05, 3.63) is 70.3 Å². The number of aromatic nitrogens is 2. The Kier molecular flexibility index (Phi) is 3.88. The van der Waals surface area contributed by atoms with E-state index in [0.29, 0.717) is 0 Å². The van der Waals surface area contributed by atoms with Crippen LogP contribution in [0.1, 0.15) is 16.1 Å². The van der Waals surface area contributed by atoms with Crippen molar-refractivity contribution in [2.45, 2.75) is 19.8 Å². The number of rotatable bonds is 4. The Balaban J connectivity index is 1.77. The first-order chi connectivity index (χ1) is 9.81. The number of hydrogen-bond acceptors (Lipinski definition) is 3. The first kappa shape index (κ1) is 13.0. The molecule has 2 nitrogen and oxygen atoms in total. The van der Waals surface area contributed by atoms with E-state index < -0.39 is 0 Å². The molecular weight excluding hydrogens is 264 g/mol. The molecule has 0 aliphatic carbocycles. The lowest BCUT2D eigenvalue weighted by Crippen LogP contribution is -1.96. The van der Waals surface area contributed by atoms with E-state index in [1.54, 1.807) is 11.3 Å². The van der Waals surface area contributed by atoms with Crippen molar-refractivity contribution < 1.29 is 0 Å². The Morgan fingerprint density at radius 3 is 2.60 bits per heavy atom.